The number of carbonyl (C=O) groups excluding carboxylic acids is 2. The van der Waals surface area contributed by atoms with Gasteiger partial charge in [-0.15, -0.1) is 0 Å². The topological polar surface area (TPSA) is 58.6 Å². The molecule has 0 unspecified atom stereocenters. The summed E-state index contributed by atoms with van der Waals surface area (Å²) >= 11 is 0. The average Bonchev–Trinajstić information content (AvgIpc) is 2.81. The second-order valence-corrected chi connectivity index (χ2v) is 9.94. The highest BCUT2D eigenvalue weighted by molar-refractivity contribution is 5.88. The van der Waals surface area contributed by atoms with Gasteiger partial charge in [0, 0.05) is 44.6 Å². The number of alkyl halides is 3. The van der Waals surface area contributed by atoms with E-state index in [1.807, 2.05) is 0 Å². The number of piperidine rings is 2. The number of hydrogen-bond donors (Lipinski definition) is 1. The van der Waals surface area contributed by atoms with Gasteiger partial charge in [-0.1, -0.05) is 35.9 Å². The van der Waals surface area contributed by atoms with Gasteiger partial charge in [-0.25, -0.2) is 4.39 Å². The van der Waals surface area contributed by atoms with E-state index in [1.54, 1.807) is 25.1 Å². The Hall–Kier alpha value is -2.94. The maximum atomic E-state index is 14.6. The molecule has 2 aliphatic rings. The van der Waals surface area contributed by atoms with Crippen molar-refractivity contribution in [3.05, 3.63) is 70.5 Å². The number of rotatable bonds is 4. The molecule has 5 nitrogen and oxygen atoms in total. The van der Waals surface area contributed by atoms with Crippen molar-refractivity contribution in [3.8, 4) is 0 Å². The number of likely N-dealkylation sites (tertiary alicyclic amines) is 1. The SMILES string of the molecule is CO[C@@](C(=O)N1CCC2(CC1)CC(=O)NC[C@H]2c1ccc(F)cc1)(c1ccc(C)cc1C)C(F)(F)F. The lowest BCUT2D eigenvalue weighted by Crippen LogP contribution is -2.60. The molecule has 2 fully saturated rings. The van der Waals surface area contributed by atoms with Gasteiger partial charge in [0.1, 0.15) is 5.82 Å². The molecule has 0 aliphatic carbocycles. The summed E-state index contributed by atoms with van der Waals surface area (Å²) in [6.45, 7) is 3.76. The second-order valence-electron chi connectivity index (χ2n) is 9.94. The number of carbonyl (C=O) groups is 2. The van der Waals surface area contributed by atoms with Crippen LogP contribution in [0.25, 0.3) is 0 Å². The molecular formula is C27H30F4N2O3. The maximum absolute atomic E-state index is 14.6. The highest BCUT2D eigenvalue weighted by atomic mass is 19.4. The van der Waals surface area contributed by atoms with E-state index in [2.05, 4.69) is 5.32 Å². The molecule has 4 rings (SSSR count). The molecule has 2 saturated heterocycles. The quantitative estimate of drug-likeness (QED) is 0.609. The smallest absolute Gasteiger partial charge is 0.356 e. The monoisotopic (exact) mass is 506 g/mol. The van der Waals surface area contributed by atoms with Crippen LogP contribution in [0.1, 0.15) is 47.4 Å². The lowest BCUT2D eigenvalue weighted by molar-refractivity contribution is -0.271. The van der Waals surface area contributed by atoms with Gasteiger partial charge in [0.2, 0.25) is 5.91 Å². The van der Waals surface area contributed by atoms with Crippen LogP contribution < -0.4 is 5.32 Å². The van der Waals surface area contributed by atoms with Crippen LogP contribution >= 0.6 is 0 Å². The fourth-order valence-corrected chi connectivity index (χ4v) is 5.92. The van der Waals surface area contributed by atoms with Gasteiger partial charge in [-0.05, 0) is 55.4 Å². The predicted octanol–water partition coefficient (Wildman–Crippen LogP) is 4.76. The summed E-state index contributed by atoms with van der Waals surface area (Å²) < 4.78 is 62.4. The summed E-state index contributed by atoms with van der Waals surface area (Å²) in [5.74, 6) is -1.80. The summed E-state index contributed by atoms with van der Waals surface area (Å²) in [5.41, 5.74) is -1.95. The van der Waals surface area contributed by atoms with Gasteiger partial charge in [0.05, 0.1) is 0 Å². The highest BCUT2D eigenvalue weighted by Gasteiger charge is 2.64. The van der Waals surface area contributed by atoms with E-state index in [9.17, 15) is 27.2 Å². The first kappa shape index (κ1) is 26.1. The summed E-state index contributed by atoms with van der Waals surface area (Å²) in [6.07, 6.45) is -4.10. The number of methoxy groups -OCH3 is 1. The van der Waals surface area contributed by atoms with E-state index in [1.165, 1.54) is 36.1 Å². The van der Waals surface area contributed by atoms with E-state index in [0.29, 0.717) is 24.9 Å². The zero-order valence-electron chi connectivity index (χ0n) is 20.5. The molecule has 0 aromatic heterocycles. The first-order chi connectivity index (χ1) is 16.9. The largest absolute Gasteiger partial charge is 0.430 e. The van der Waals surface area contributed by atoms with E-state index in [-0.39, 0.29) is 42.7 Å². The molecule has 2 aromatic rings. The molecule has 2 amide bonds. The molecule has 0 radical (unpaired) electrons. The molecule has 1 spiro atoms. The van der Waals surface area contributed by atoms with Crippen LogP contribution in [0.4, 0.5) is 17.6 Å². The Morgan fingerprint density at radius 2 is 1.72 bits per heavy atom. The van der Waals surface area contributed by atoms with Gasteiger partial charge in [-0.3, -0.25) is 9.59 Å². The molecule has 1 N–H and O–H groups in total. The number of ether oxygens (including phenoxy) is 1. The number of nitrogens with zero attached hydrogens (tertiary/aromatic N) is 1. The Morgan fingerprint density at radius 1 is 1.08 bits per heavy atom. The Kier molecular flexibility index (Phi) is 6.90. The zero-order valence-corrected chi connectivity index (χ0v) is 20.5. The van der Waals surface area contributed by atoms with E-state index in [4.69, 9.17) is 4.74 Å². The van der Waals surface area contributed by atoms with Gasteiger partial charge in [0.15, 0.2) is 0 Å². The van der Waals surface area contributed by atoms with Crippen molar-refractivity contribution in [3.63, 3.8) is 0 Å². The van der Waals surface area contributed by atoms with Crippen LogP contribution in [0.5, 0.6) is 0 Å². The third-order valence-corrected chi connectivity index (χ3v) is 7.84. The minimum atomic E-state index is -4.99. The highest BCUT2D eigenvalue weighted by Crippen LogP contribution is 2.50. The van der Waals surface area contributed by atoms with E-state index >= 15 is 0 Å². The Balaban J connectivity index is 1.65. The molecule has 2 heterocycles. The lowest BCUT2D eigenvalue weighted by atomic mass is 9.62. The summed E-state index contributed by atoms with van der Waals surface area (Å²) in [5, 5.41) is 2.85. The lowest BCUT2D eigenvalue weighted by Gasteiger charge is -2.50. The van der Waals surface area contributed by atoms with Gasteiger partial charge in [0.25, 0.3) is 11.5 Å². The standard InChI is InChI=1S/C27H30F4N2O3/c1-17-4-9-21(18(2)14-17)26(36-3,27(29,30)31)24(35)33-12-10-25(11-13-33)15-23(34)32-16-22(25)19-5-7-20(28)8-6-19/h4-9,14,22H,10-13,15-16H2,1-3H3,(H,32,34)/t22-,26+/m0/s1. The number of amides is 2. The number of halogens is 4. The summed E-state index contributed by atoms with van der Waals surface area (Å²) in [4.78, 5) is 27.2. The second kappa shape index (κ2) is 9.50. The first-order valence-corrected chi connectivity index (χ1v) is 11.9. The normalized spacial score (nSPS) is 21.7. The minimum absolute atomic E-state index is 0.0515. The Morgan fingerprint density at radius 3 is 2.28 bits per heavy atom. The zero-order chi connectivity index (χ0) is 26.3. The number of hydrogen-bond acceptors (Lipinski definition) is 3. The van der Waals surface area contributed by atoms with E-state index in [0.717, 1.165) is 18.2 Å². The molecule has 194 valence electrons. The first-order valence-electron chi connectivity index (χ1n) is 11.9. The number of nitrogens with one attached hydrogen (secondary N) is 1. The summed E-state index contributed by atoms with van der Waals surface area (Å²) in [7, 11) is 0.909. The van der Waals surface area contributed by atoms with Crippen molar-refractivity contribution in [2.45, 2.75) is 50.8 Å². The Bertz CT molecular complexity index is 1140. The Labute approximate surface area is 207 Å². The third kappa shape index (κ3) is 4.38. The van der Waals surface area contributed by atoms with Crippen LogP contribution in [0.3, 0.4) is 0 Å². The molecule has 9 heteroatoms. The maximum Gasteiger partial charge on any atom is 0.430 e. The average molecular weight is 507 g/mol. The van der Waals surface area contributed by atoms with Crippen LogP contribution in [-0.2, 0) is 19.9 Å². The van der Waals surface area contributed by atoms with Crippen molar-refractivity contribution in [2.75, 3.05) is 26.7 Å². The number of aryl methyl sites for hydroxylation is 2. The molecule has 36 heavy (non-hydrogen) atoms. The van der Waals surface area contributed by atoms with Crippen molar-refractivity contribution in [2.24, 2.45) is 5.41 Å². The predicted molar refractivity (Wildman–Crippen MR) is 126 cm³/mol. The van der Waals surface area contributed by atoms with Gasteiger partial charge >= 0.3 is 6.18 Å². The van der Waals surface area contributed by atoms with Crippen molar-refractivity contribution >= 4 is 11.8 Å². The molecule has 2 aromatic carbocycles. The fourth-order valence-electron chi connectivity index (χ4n) is 5.92. The summed E-state index contributed by atoms with van der Waals surface area (Å²) in [6, 6.07) is 10.5. The number of benzene rings is 2. The van der Waals surface area contributed by atoms with Crippen LogP contribution in [0, 0.1) is 25.1 Å². The van der Waals surface area contributed by atoms with Crippen molar-refractivity contribution in [1.82, 2.24) is 10.2 Å². The molecule has 0 saturated carbocycles. The minimum Gasteiger partial charge on any atom is -0.356 e. The van der Waals surface area contributed by atoms with Crippen LogP contribution in [0.15, 0.2) is 42.5 Å². The van der Waals surface area contributed by atoms with Gasteiger partial charge in [-0.2, -0.15) is 13.2 Å². The van der Waals surface area contributed by atoms with Crippen LogP contribution in [-0.4, -0.2) is 49.6 Å². The molecule has 2 aliphatic heterocycles. The van der Waals surface area contributed by atoms with Crippen molar-refractivity contribution < 1.29 is 31.9 Å². The van der Waals surface area contributed by atoms with Gasteiger partial charge < -0.3 is 15.0 Å². The molecule has 0 bridgehead atoms. The third-order valence-electron chi connectivity index (χ3n) is 7.84. The van der Waals surface area contributed by atoms with Crippen LogP contribution in [0.2, 0.25) is 0 Å². The molecular weight excluding hydrogens is 476 g/mol. The molecule has 2 atom stereocenters. The fraction of sp³-hybridized carbons (Fsp3) is 0.481. The van der Waals surface area contributed by atoms with Crippen molar-refractivity contribution in [1.29, 1.82) is 0 Å². The van der Waals surface area contributed by atoms with E-state index < -0.39 is 23.1 Å².